The summed E-state index contributed by atoms with van der Waals surface area (Å²) in [7, 11) is 0. The largest absolute Gasteiger partial charge is 0.455 e. The van der Waals surface area contributed by atoms with Crippen LogP contribution < -0.4 is 10.2 Å². The van der Waals surface area contributed by atoms with Crippen LogP contribution in [-0.4, -0.2) is 30.9 Å². The normalized spacial score (nSPS) is 16.0. The first-order valence-electron chi connectivity index (χ1n) is 9.77. The number of carbonyl (C=O) groups is 3. The van der Waals surface area contributed by atoms with Crippen LogP contribution in [0, 0.1) is 33.6 Å². The average Bonchev–Trinajstić information content (AvgIpc) is 3.10. The maximum Gasteiger partial charge on any atom is 0.311 e. The molecule has 1 N–H and O–H groups in total. The molecule has 30 heavy (non-hydrogen) atoms. The molecule has 1 fully saturated rings. The monoisotopic (exact) mass is 472 g/mol. The zero-order chi connectivity index (χ0) is 22.0. The molecule has 0 aromatic heterocycles. The topological polar surface area (TPSA) is 75.7 Å². The maximum atomic E-state index is 12.5. The van der Waals surface area contributed by atoms with Crippen molar-refractivity contribution in [2.24, 2.45) is 5.92 Å². The van der Waals surface area contributed by atoms with Gasteiger partial charge in [-0.15, -0.1) is 0 Å². The highest BCUT2D eigenvalue weighted by Gasteiger charge is 2.37. The number of nitrogens with zero attached hydrogens (tertiary/aromatic N) is 1. The third kappa shape index (κ3) is 4.73. The van der Waals surface area contributed by atoms with E-state index >= 15 is 0 Å². The van der Waals surface area contributed by atoms with Gasteiger partial charge in [-0.1, -0.05) is 28.1 Å². The number of anilines is 2. The first-order chi connectivity index (χ1) is 14.2. The standard InChI is InChI=1S/C23H25BrN2O4/c1-13-5-6-14(2)20(9-13)26-11-17(10-22(26)28)23(29)30-12-21(27)25-19-8-7-18(24)15(3)16(19)4/h5-9,17H,10-12H2,1-4H3,(H,25,27)/t17-/m1/s1. The van der Waals surface area contributed by atoms with Gasteiger partial charge in [0.15, 0.2) is 6.61 Å². The second-order valence-corrected chi connectivity index (χ2v) is 8.55. The highest BCUT2D eigenvalue weighted by atomic mass is 79.9. The van der Waals surface area contributed by atoms with E-state index in [-0.39, 0.29) is 25.5 Å². The van der Waals surface area contributed by atoms with Crippen LogP contribution in [0.4, 0.5) is 11.4 Å². The van der Waals surface area contributed by atoms with E-state index in [9.17, 15) is 14.4 Å². The molecule has 2 amide bonds. The number of esters is 1. The Bertz CT molecular complexity index is 1020. The van der Waals surface area contributed by atoms with Gasteiger partial charge in [0.1, 0.15) is 0 Å². The summed E-state index contributed by atoms with van der Waals surface area (Å²) in [4.78, 5) is 38.8. The van der Waals surface area contributed by atoms with E-state index in [1.165, 1.54) is 0 Å². The third-order valence-corrected chi connectivity index (χ3v) is 6.31. The SMILES string of the molecule is Cc1ccc(C)c(N2C[C@H](C(=O)OCC(=O)Nc3ccc(Br)c(C)c3C)CC2=O)c1. The van der Waals surface area contributed by atoms with Gasteiger partial charge in [0.05, 0.1) is 5.92 Å². The van der Waals surface area contributed by atoms with Crippen molar-refractivity contribution in [3.05, 3.63) is 57.1 Å². The summed E-state index contributed by atoms with van der Waals surface area (Å²) in [5.74, 6) is -1.64. The average molecular weight is 473 g/mol. The van der Waals surface area contributed by atoms with E-state index in [4.69, 9.17) is 4.74 Å². The van der Waals surface area contributed by atoms with Crippen LogP contribution in [0.1, 0.15) is 28.7 Å². The molecule has 0 saturated carbocycles. The molecule has 1 aliphatic rings. The maximum absolute atomic E-state index is 12.5. The lowest BCUT2D eigenvalue weighted by Crippen LogP contribution is -2.28. The van der Waals surface area contributed by atoms with Crippen molar-refractivity contribution >= 4 is 45.1 Å². The lowest BCUT2D eigenvalue weighted by atomic mass is 10.1. The number of rotatable bonds is 5. The summed E-state index contributed by atoms with van der Waals surface area (Å²) in [6.07, 6.45) is 0.0822. The van der Waals surface area contributed by atoms with Crippen molar-refractivity contribution in [2.45, 2.75) is 34.1 Å². The van der Waals surface area contributed by atoms with E-state index in [1.54, 1.807) is 11.0 Å². The first kappa shape index (κ1) is 22.0. The summed E-state index contributed by atoms with van der Waals surface area (Å²) >= 11 is 3.46. The van der Waals surface area contributed by atoms with Crippen molar-refractivity contribution < 1.29 is 19.1 Å². The molecule has 1 heterocycles. The van der Waals surface area contributed by atoms with Crippen LogP contribution in [0.3, 0.4) is 0 Å². The third-order valence-electron chi connectivity index (χ3n) is 5.45. The molecule has 2 aromatic carbocycles. The minimum Gasteiger partial charge on any atom is -0.455 e. The van der Waals surface area contributed by atoms with Gasteiger partial charge >= 0.3 is 5.97 Å². The van der Waals surface area contributed by atoms with Crippen LogP contribution in [0.5, 0.6) is 0 Å². The van der Waals surface area contributed by atoms with Gasteiger partial charge in [-0.05, 0) is 68.1 Å². The Balaban J connectivity index is 1.58. The molecule has 0 aliphatic carbocycles. The highest BCUT2D eigenvalue weighted by Crippen LogP contribution is 2.29. The Morgan fingerprint density at radius 3 is 2.60 bits per heavy atom. The fourth-order valence-corrected chi connectivity index (χ4v) is 3.90. The Hall–Kier alpha value is -2.67. The van der Waals surface area contributed by atoms with E-state index in [1.807, 2.05) is 52.0 Å². The zero-order valence-corrected chi connectivity index (χ0v) is 19.1. The van der Waals surface area contributed by atoms with Gasteiger partial charge in [0.25, 0.3) is 5.91 Å². The summed E-state index contributed by atoms with van der Waals surface area (Å²) < 4.78 is 6.16. The molecule has 158 valence electrons. The van der Waals surface area contributed by atoms with Gasteiger partial charge in [-0.2, -0.15) is 0 Å². The van der Waals surface area contributed by atoms with E-state index in [2.05, 4.69) is 21.2 Å². The van der Waals surface area contributed by atoms with E-state index in [0.717, 1.165) is 32.4 Å². The molecule has 0 spiro atoms. The van der Waals surface area contributed by atoms with Gasteiger partial charge in [-0.25, -0.2) is 0 Å². The molecular weight excluding hydrogens is 448 g/mol. The van der Waals surface area contributed by atoms with Gasteiger partial charge in [0, 0.05) is 28.8 Å². The molecule has 7 heteroatoms. The number of carbonyl (C=O) groups excluding carboxylic acids is 3. The Kier molecular flexibility index (Phi) is 6.61. The Morgan fingerprint density at radius 2 is 1.87 bits per heavy atom. The molecule has 0 unspecified atom stereocenters. The zero-order valence-electron chi connectivity index (χ0n) is 17.5. The number of amides is 2. The van der Waals surface area contributed by atoms with Crippen LogP contribution in [0.15, 0.2) is 34.8 Å². The lowest BCUT2D eigenvalue weighted by molar-refractivity contribution is -0.151. The lowest BCUT2D eigenvalue weighted by Gasteiger charge is -2.19. The van der Waals surface area contributed by atoms with Gasteiger partial charge < -0.3 is 15.0 Å². The second kappa shape index (κ2) is 9.00. The predicted octanol–water partition coefficient (Wildman–Crippen LogP) is 4.22. The van der Waals surface area contributed by atoms with Gasteiger partial charge in [0.2, 0.25) is 5.91 Å². The molecule has 2 aromatic rings. The molecule has 0 radical (unpaired) electrons. The number of halogens is 1. The molecule has 1 aliphatic heterocycles. The van der Waals surface area contributed by atoms with E-state index in [0.29, 0.717) is 5.69 Å². The second-order valence-electron chi connectivity index (χ2n) is 7.70. The number of aryl methyl sites for hydroxylation is 2. The Labute approximate surface area is 184 Å². The fourth-order valence-electron chi connectivity index (χ4n) is 3.47. The smallest absolute Gasteiger partial charge is 0.311 e. The number of nitrogens with one attached hydrogen (secondary N) is 1. The number of hydrogen-bond donors (Lipinski definition) is 1. The van der Waals surface area contributed by atoms with Crippen molar-refractivity contribution in [2.75, 3.05) is 23.4 Å². The predicted molar refractivity (Wildman–Crippen MR) is 120 cm³/mol. The Morgan fingerprint density at radius 1 is 1.13 bits per heavy atom. The molecular formula is C23H25BrN2O4. The number of benzene rings is 2. The first-order valence-corrected chi connectivity index (χ1v) is 10.6. The highest BCUT2D eigenvalue weighted by molar-refractivity contribution is 9.10. The number of ether oxygens (including phenoxy) is 1. The molecule has 0 bridgehead atoms. The van der Waals surface area contributed by atoms with Crippen LogP contribution in [0.2, 0.25) is 0 Å². The van der Waals surface area contributed by atoms with Gasteiger partial charge in [-0.3, -0.25) is 14.4 Å². The molecule has 3 rings (SSSR count). The molecule has 6 nitrogen and oxygen atoms in total. The minimum atomic E-state index is -0.582. The summed E-state index contributed by atoms with van der Waals surface area (Å²) in [6.45, 7) is 7.63. The van der Waals surface area contributed by atoms with Crippen molar-refractivity contribution in [1.29, 1.82) is 0 Å². The fraction of sp³-hybridized carbons (Fsp3) is 0.348. The minimum absolute atomic E-state index is 0.0822. The molecule has 1 atom stereocenters. The van der Waals surface area contributed by atoms with Crippen LogP contribution in [-0.2, 0) is 19.1 Å². The summed E-state index contributed by atoms with van der Waals surface area (Å²) in [6, 6.07) is 9.54. The van der Waals surface area contributed by atoms with Crippen LogP contribution in [0.25, 0.3) is 0 Å². The van der Waals surface area contributed by atoms with E-state index < -0.39 is 17.8 Å². The quantitative estimate of drug-likeness (QED) is 0.660. The van der Waals surface area contributed by atoms with Crippen molar-refractivity contribution in [3.8, 4) is 0 Å². The van der Waals surface area contributed by atoms with Crippen LogP contribution >= 0.6 is 15.9 Å². The molecule has 1 saturated heterocycles. The summed E-state index contributed by atoms with van der Waals surface area (Å²) in [5, 5.41) is 2.77. The van der Waals surface area contributed by atoms with Crippen molar-refractivity contribution in [1.82, 2.24) is 0 Å². The number of hydrogen-bond acceptors (Lipinski definition) is 4. The summed E-state index contributed by atoms with van der Waals surface area (Å²) in [5.41, 5.74) is 5.48. The van der Waals surface area contributed by atoms with Crippen molar-refractivity contribution in [3.63, 3.8) is 0 Å².